The number of nitrogens with zero attached hydrogens (tertiary/aromatic N) is 2. The first-order valence-electron chi connectivity index (χ1n) is 7.46. The number of benzene rings is 1. The average Bonchev–Trinajstić information content (AvgIpc) is 2.48. The van der Waals surface area contributed by atoms with Crippen molar-refractivity contribution in [3.8, 4) is 5.75 Å². The van der Waals surface area contributed by atoms with Crippen LogP contribution in [0.2, 0.25) is 5.02 Å². The number of halogens is 1. The highest BCUT2D eigenvalue weighted by Crippen LogP contribution is 2.25. The minimum Gasteiger partial charge on any atom is -0.496 e. The van der Waals surface area contributed by atoms with Crippen molar-refractivity contribution in [3.05, 3.63) is 28.8 Å². The molecule has 0 spiro atoms. The zero-order valence-corrected chi connectivity index (χ0v) is 14.0. The molecule has 1 heterocycles. The van der Waals surface area contributed by atoms with Gasteiger partial charge >= 0.3 is 0 Å². The van der Waals surface area contributed by atoms with E-state index in [1.165, 1.54) is 0 Å². The second-order valence-electron chi connectivity index (χ2n) is 6.24. The molecule has 118 valence electrons. The zero-order chi connectivity index (χ0) is 15.5. The van der Waals surface area contributed by atoms with E-state index < -0.39 is 0 Å². The number of ether oxygens (including phenoxy) is 1. The lowest BCUT2D eigenvalue weighted by Gasteiger charge is -2.43. The number of methoxy groups -OCH3 is 1. The summed E-state index contributed by atoms with van der Waals surface area (Å²) >= 11 is 6.10. The van der Waals surface area contributed by atoms with E-state index in [0.29, 0.717) is 6.54 Å². The van der Waals surface area contributed by atoms with E-state index in [0.717, 1.165) is 49.1 Å². The lowest BCUT2D eigenvalue weighted by atomic mass is 10.0. The molecule has 1 aromatic carbocycles. The largest absolute Gasteiger partial charge is 0.496 e. The normalized spacial score (nSPS) is 18.0. The molecule has 1 fully saturated rings. The Morgan fingerprint density at radius 2 is 1.90 bits per heavy atom. The van der Waals surface area contributed by atoms with Crippen LogP contribution >= 0.6 is 11.6 Å². The van der Waals surface area contributed by atoms with E-state index in [2.05, 4.69) is 23.6 Å². The van der Waals surface area contributed by atoms with Gasteiger partial charge in [0.1, 0.15) is 5.75 Å². The Morgan fingerprint density at radius 3 is 2.48 bits per heavy atom. The van der Waals surface area contributed by atoms with Crippen molar-refractivity contribution in [1.29, 1.82) is 0 Å². The molecule has 0 atom stereocenters. The van der Waals surface area contributed by atoms with Gasteiger partial charge in [-0.25, -0.2) is 0 Å². The van der Waals surface area contributed by atoms with Gasteiger partial charge in [0.15, 0.2) is 0 Å². The summed E-state index contributed by atoms with van der Waals surface area (Å²) in [5.41, 5.74) is 7.10. The maximum atomic E-state index is 6.10. The van der Waals surface area contributed by atoms with E-state index in [4.69, 9.17) is 22.1 Å². The van der Waals surface area contributed by atoms with Crippen molar-refractivity contribution >= 4 is 11.6 Å². The summed E-state index contributed by atoms with van der Waals surface area (Å²) in [4.78, 5) is 4.91. The monoisotopic (exact) mass is 311 g/mol. The first-order chi connectivity index (χ1) is 9.96. The van der Waals surface area contributed by atoms with E-state index >= 15 is 0 Å². The third-order valence-corrected chi connectivity index (χ3v) is 4.60. The molecule has 4 nitrogen and oxygen atoms in total. The van der Waals surface area contributed by atoms with Crippen LogP contribution in [0.25, 0.3) is 0 Å². The number of piperazine rings is 1. The number of hydrogen-bond acceptors (Lipinski definition) is 4. The Balaban J connectivity index is 1.96. The maximum Gasteiger partial charge on any atom is 0.123 e. The third-order valence-electron chi connectivity index (χ3n) is 4.36. The number of rotatable bonds is 5. The molecule has 1 aromatic rings. The molecular formula is C16H26ClN3O. The van der Waals surface area contributed by atoms with Gasteiger partial charge in [0.05, 0.1) is 7.11 Å². The first kappa shape index (κ1) is 16.6. The Bertz CT molecular complexity index is 471. The average molecular weight is 312 g/mol. The van der Waals surface area contributed by atoms with Crippen molar-refractivity contribution < 1.29 is 4.74 Å². The van der Waals surface area contributed by atoms with E-state index in [9.17, 15) is 0 Å². The quantitative estimate of drug-likeness (QED) is 0.905. The van der Waals surface area contributed by atoms with Gasteiger partial charge in [0.2, 0.25) is 0 Å². The minimum absolute atomic E-state index is 0.0832. The van der Waals surface area contributed by atoms with E-state index in [-0.39, 0.29) is 5.54 Å². The van der Waals surface area contributed by atoms with Crippen molar-refractivity contribution in [2.75, 3.05) is 39.8 Å². The summed E-state index contributed by atoms with van der Waals surface area (Å²) in [5, 5.41) is 0.758. The van der Waals surface area contributed by atoms with Crippen LogP contribution in [-0.4, -0.2) is 55.2 Å². The molecule has 1 aliphatic heterocycles. The molecule has 0 aromatic heterocycles. The summed E-state index contributed by atoms with van der Waals surface area (Å²) in [6.07, 6.45) is 0. The molecule has 0 amide bonds. The number of nitrogens with two attached hydrogens (primary N) is 1. The summed E-state index contributed by atoms with van der Waals surface area (Å²) < 4.78 is 5.42. The predicted molar refractivity (Wildman–Crippen MR) is 88.0 cm³/mol. The Morgan fingerprint density at radius 1 is 1.24 bits per heavy atom. The van der Waals surface area contributed by atoms with Crippen molar-refractivity contribution in [2.24, 2.45) is 5.73 Å². The number of hydrogen-bond donors (Lipinski definition) is 1. The van der Waals surface area contributed by atoms with Gasteiger partial charge in [0, 0.05) is 55.4 Å². The molecule has 0 saturated carbocycles. The van der Waals surface area contributed by atoms with Crippen LogP contribution in [-0.2, 0) is 6.54 Å². The SMILES string of the molecule is COc1ccc(Cl)cc1CN1CCN(C(C)(C)CN)CC1. The first-order valence-corrected chi connectivity index (χ1v) is 7.84. The lowest BCUT2D eigenvalue weighted by molar-refractivity contribution is 0.0535. The van der Waals surface area contributed by atoms with Crippen molar-refractivity contribution in [2.45, 2.75) is 25.9 Å². The molecular weight excluding hydrogens is 286 g/mol. The van der Waals surface area contributed by atoms with Crippen LogP contribution < -0.4 is 10.5 Å². The van der Waals surface area contributed by atoms with Crippen LogP contribution in [0.1, 0.15) is 19.4 Å². The van der Waals surface area contributed by atoms with Gasteiger partial charge < -0.3 is 10.5 Å². The standard InChI is InChI=1S/C16H26ClN3O/c1-16(2,12-18)20-8-6-19(7-9-20)11-13-10-14(17)4-5-15(13)21-3/h4-5,10H,6-9,11-12,18H2,1-3H3. The zero-order valence-electron chi connectivity index (χ0n) is 13.2. The summed E-state index contributed by atoms with van der Waals surface area (Å²) in [5.74, 6) is 0.907. The molecule has 1 saturated heterocycles. The van der Waals surface area contributed by atoms with Gasteiger partial charge in [-0.2, -0.15) is 0 Å². The fraction of sp³-hybridized carbons (Fsp3) is 0.625. The molecule has 0 unspecified atom stereocenters. The molecule has 0 bridgehead atoms. The Hall–Kier alpha value is -0.810. The fourth-order valence-corrected chi connectivity index (χ4v) is 2.95. The van der Waals surface area contributed by atoms with Gasteiger partial charge in [-0.1, -0.05) is 11.6 Å². The molecule has 2 N–H and O–H groups in total. The van der Waals surface area contributed by atoms with E-state index in [1.807, 2.05) is 18.2 Å². The molecule has 1 aliphatic rings. The smallest absolute Gasteiger partial charge is 0.123 e. The maximum absolute atomic E-state index is 6.10. The second-order valence-corrected chi connectivity index (χ2v) is 6.67. The topological polar surface area (TPSA) is 41.7 Å². The minimum atomic E-state index is 0.0832. The highest BCUT2D eigenvalue weighted by molar-refractivity contribution is 6.30. The summed E-state index contributed by atoms with van der Waals surface area (Å²) in [7, 11) is 1.70. The molecule has 0 radical (unpaired) electrons. The van der Waals surface area contributed by atoms with Gasteiger partial charge in [0.25, 0.3) is 0 Å². The van der Waals surface area contributed by atoms with Crippen LogP contribution in [0.3, 0.4) is 0 Å². The summed E-state index contributed by atoms with van der Waals surface area (Å²) in [6, 6.07) is 5.80. The Labute approximate surface area is 132 Å². The van der Waals surface area contributed by atoms with Gasteiger partial charge in [-0.05, 0) is 32.0 Å². The third kappa shape index (κ3) is 4.10. The molecule has 2 rings (SSSR count). The van der Waals surface area contributed by atoms with Crippen LogP contribution in [0.4, 0.5) is 0 Å². The van der Waals surface area contributed by atoms with Crippen LogP contribution in [0.5, 0.6) is 5.75 Å². The molecule has 0 aliphatic carbocycles. The van der Waals surface area contributed by atoms with Gasteiger partial charge in [-0.15, -0.1) is 0 Å². The van der Waals surface area contributed by atoms with Crippen LogP contribution in [0.15, 0.2) is 18.2 Å². The van der Waals surface area contributed by atoms with E-state index in [1.54, 1.807) is 7.11 Å². The van der Waals surface area contributed by atoms with Crippen molar-refractivity contribution in [1.82, 2.24) is 9.80 Å². The predicted octanol–water partition coefficient (Wildman–Crippen LogP) is 2.20. The highest BCUT2D eigenvalue weighted by atomic mass is 35.5. The lowest BCUT2D eigenvalue weighted by Crippen LogP contribution is -2.57. The van der Waals surface area contributed by atoms with Crippen molar-refractivity contribution in [3.63, 3.8) is 0 Å². The highest BCUT2D eigenvalue weighted by Gasteiger charge is 2.28. The summed E-state index contributed by atoms with van der Waals surface area (Å²) in [6.45, 7) is 10.2. The van der Waals surface area contributed by atoms with Gasteiger partial charge in [-0.3, -0.25) is 9.80 Å². The fourth-order valence-electron chi connectivity index (χ4n) is 2.75. The van der Waals surface area contributed by atoms with Crippen LogP contribution in [0, 0.1) is 0 Å². The second kappa shape index (κ2) is 6.97. The molecule has 21 heavy (non-hydrogen) atoms. The molecule has 5 heteroatoms. The Kier molecular flexibility index (Phi) is 5.49.